The van der Waals surface area contributed by atoms with Crippen molar-refractivity contribution in [1.29, 1.82) is 0 Å². The second-order valence-corrected chi connectivity index (χ2v) is 5.19. The number of benzene rings is 1. The molecule has 1 aromatic carbocycles. The maximum absolute atomic E-state index is 5.74. The second-order valence-electron chi connectivity index (χ2n) is 5.19. The van der Waals surface area contributed by atoms with Crippen LogP contribution in [0.2, 0.25) is 0 Å². The molecule has 0 aliphatic heterocycles. The summed E-state index contributed by atoms with van der Waals surface area (Å²) in [7, 11) is 1.70. The first kappa shape index (κ1) is 13.3. The van der Waals surface area contributed by atoms with E-state index in [1.54, 1.807) is 7.11 Å². The lowest BCUT2D eigenvalue weighted by atomic mass is 10.0. The molecule has 0 amide bonds. The Kier molecular flexibility index (Phi) is 3.80. The average Bonchev–Trinajstić information content (AvgIpc) is 3.21. The van der Waals surface area contributed by atoms with Gasteiger partial charge in [-0.2, -0.15) is 4.98 Å². The van der Waals surface area contributed by atoms with Crippen LogP contribution in [-0.2, 0) is 17.7 Å². The van der Waals surface area contributed by atoms with Crippen LogP contribution in [-0.4, -0.2) is 17.3 Å². The molecule has 1 aliphatic carbocycles. The zero-order valence-corrected chi connectivity index (χ0v) is 11.6. The van der Waals surface area contributed by atoms with Crippen LogP contribution in [0.1, 0.15) is 41.8 Å². The van der Waals surface area contributed by atoms with Crippen molar-refractivity contribution in [2.45, 2.75) is 31.9 Å². The first-order chi connectivity index (χ1) is 9.81. The van der Waals surface area contributed by atoms with Crippen molar-refractivity contribution < 1.29 is 9.26 Å². The van der Waals surface area contributed by atoms with E-state index in [0.717, 1.165) is 11.1 Å². The fourth-order valence-electron chi connectivity index (χ4n) is 2.46. The molecule has 0 saturated heterocycles. The smallest absolute Gasteiger partial charge is 0.231 e. The maximum Gasteiger partial charge on any atom is 0.231 e. The highest BCUT2D eigenvalue weighted by Crippen LogP contribution is 2.41. The van der Waals surface area contributed by atoms with Gasteiger partial charge in [0.2, 0.25) is 11.7 Å². The van der Waals surface area contributed by atoms with Crippen molar-refractivity contribution in [3.8, 4) is 0 Å². The monoisotopic (exact) mass is 273 g/mol. The topological polar surface area (TPSA) is 74.2 Å². The number of hydrogen-bond acceptors (Lipinski definition) is 5. The van der Waals surface area contributed by atoms with Gasteiger partial charge >= 0.3 is 0 Å². The van der Waals surface area contributed by atoms with E-state index in [0.29, 0.717) is 30.6 Å². The normalized spacial score (nSPS) is 16.3. The van der Waals surface area contributed by atoms with Crippen LogP contribution in [0.25, 0.3) is 0 Å². The van der Waals surface area contributed by atoms with Crippen molar-refractivity contribution in [3.05, 3.63) is 47.1 Å². The summed E-state index contributed by atoms with van der Waals surface area (Å²) < 4.78 is 10.8. The van der Waals surface area contributed by atoms with Crippen molar-refractivity contribution in [1.82, 2.24) is 10.1 Å². The number of methoxy groups -OCH3 is 1. The molecule has 0 radical (unpaired) electrons. The van der Waals surface area contributed by atoms with E-state index in [2.05, 4.69) is 10.1 Å². The van der Waals surface area contributed by atoms with Gasteiger partial charge in [-0.1, -0.05) is 29.4 Å². The summed E-state index contributed by atoms with van der Waals surface area (Å²) in [5.74, 6) is 1.82. The molecule has 106 valence electrons. The van der Waals surface area contributed by atoms with Crippen LogP contribution in [0.4, 0.5) is 0 Å². The molecule has 0 bridgehead atoms. The van der Waals surface area contributed by atoms with Crippen LogP contribution < -0.4 is 5.73 Å². The van der Waals surface area contributed by atoms with Gasteiger partial charge in [-0.05, 0) is 29.9 Å². The summed E-state index contributed by atoms with van der Waals surface area (Å²) in [6.07, 6.45) is 2.94. The molecule has 0 spiro atoms. The zero-order valence-electron chi connectivity index (χ0n) is 11.6. The minimum absolute atomic E-state index is 0.0303. The number of nitrogens with zero attached hydrogens (tertiary/aromatic N) is 2. The summed E-state index contributed by atoms with van der Waals surface area (Å²) >= 11 is 0. The molecule has 3 rings (SSSR count). The Labute approximate surface area is 118 Å². The van der Waals surface area contributed by atoms with Gasteiger partial charge in [0, 0.05) is 13.7 Å². The Morgan fingerprint density at radius 2 is 2.10 bits per heavy atom. The lowest BCUT2D eigenvalue weighted by molar-refractivity contribution is 0.0751. The van der Waals surface area contributed by atoms with Crippen LogP contribution in [0.15, 0.2) is 28.8 Å². The van der Waals surface area contributed by atoms with Gasteiger partial charge in [-0.3, -0.25) is 0 Å². The van der Waals surface area contributed by atoms with Gasteiger partial charge < -0.3 is 15.0 Å². The molecule has 1 fully saturated rings. The number of rotatable bonds is 6. The highest BCUT2D eigenvalue weighted by molar-refractivity contribution is 5.29. The molecule has 1 unspecified atom stereocenters. The summed E-state index contributed by atoms with van der Waals surface area (Å²) in [5, 5.41) is 4.06. The lowest BCUT2D eigenvalue weighted by Crippen LogP contribution is -2.06. The summed E-state index contributed by atoms with van der Waals surface area (Å²) in [6.45, 7) is 0.514. The van der Waals surface area contributed by atoms with Crippen LogP contribution in [0.5, 0.6) is 0 Å². The van der Waals surface area contributed by atoms with E-state index >= 15 is 0 Å². The molecule has 5 heteroatoms. The van der Waals surface area contributed by atoms with Gasteiger partial charge in [0.1, 0.15) is 6.10 Å². The fourth-order valence-corrected chi connectivity index (χ4v) is 2.46. The van der Waals surface area contributed by atoms with Gasteiger partial charge in [0.15, 0.2) is 0 Å². The highest BCUT2D eigenvalue weighted by atomic mass is 16.5. The Balaban J connectivity index is 1.76. The third kappa shape index (κ3) is 2.73. The van der Waals surface area contributed by atoms with E-state index in [1.807, 2.05) is 24.3 Å². The standard InChI is InChI=1S/C15H19N3O2/c1-19-14(10-6-7-10)15-17-13(20-18-15)8-11-4-2-3-5-12(11)9-16/h2-5,10,14H,6-9,16H2,1H3. The number of ether oxygens (including phenoxy) is 1. The SMILES string of the molecule is COC(c1noc(Cc2ccccc2CN)n1)C1CC1. The minimum Gasteiger partial charge on any atom is -0.373 e. The predicted molar refractivity (Wildman–Crippen MR) is 73.9 cm³/mol. The van der Waals surface area contributed by atoms with Crippen LogP contribution in [0, 0.1) is 5.92 Å². The summed E-state index contributed by atoms with van der Waals surface area (Å²) in [4.78, 5) is 4.47. The Morgan fingerprint density at radius 3 is 2.75 bits per heavy atom. The van der Waals surface area contributed by atoms with Crippen LogP contribution in [0.3, 0.4) is 0 Å². The van der Waals surface area contributed by atoms with E-state index in [9.17, 15) is 0 Å². The van der Waals surface area contributed by atoms with Gasteiger partial charge in [-0.15, -0.1) is 0 Å². The van der Waals surface area contributed by atoms with Crippen molar-refractivity contribution >= 4 is 0 Å². The van der Waals surface area contributed by atoms with Crippen molar-refractivity contribution in [3.63, 3.8) is 0 Å². The molecule has 5 nitrogen and oxygen atoms in total. The number of hydrogen-bond donors (Lipinski definition) is 1. The predicted octanol–water partition coefficient (Wildman–Crippen LogP) is 2.22. The Bertz CT molecular complexity index is 578. The Morgan fingerprint density at radius 1 is 1.35 bits per heavy atom. The fraction of sp³-hybridized carbons (Fsp3) is 0.467. The number of aromatic nitrogens is 2. The molecule has 2 N–H and O–H groups in total. The molecule has 1 saturated carbocycles. The van der Waals surface area contributed by atoms with Gasteiger partial charge in [-0.25, -0.2) is 0 Å². The third-order valence-corrected chi connectivity index (χ3v) is 3.72. The van der Waals surface area contributed by atoms with Gasteiger partial charge in [0.25, 0.3) is 0 Å². The third-order valence-electron chi connectivity index (χ3n) is 3.72. The Hall–Kier alpha value is -1.72. The molecular weight excluding hydrogens is 254 g/mol. The molecule has 1 atom stereocenters. The largest absolute Gasteiger partial charge is 0.373 e. The molecule has 1 aromatic heterocycles. The first-order valence-electron chi connectivity index (χ1n) is 6.94. The second kappa shape index (κ2) is 5.73. The highest BCUT2D eigenvalue weighted by Gasteiger charge is 2.35. The summed E-state index contributed by atoms with van der Waals surface area (Å²) in [6, 6.07) is 8.04. The summed E-state index contributed by atoms with van der Waals surface area (Å²) in [5.41, 5.74) is 7.98. The van der Waals surface area contributed by atoms with Crippen LogP contribution >= 0.6 is 0 Å². The van der Waals surface area contributed by atoms with Crippen molar-refractivity contribution in [2.75, 3.05) is 7.11 Å². The average molecular weight is 273 g/mol. The van der Waals surface area contributed by atoms with E-state index < -0.39 is 0 Å². The maximum atomic E-state index is 5.74. The molecule has 1 aliphatic rings. The molecular formula is C15H19N3O2. The molecule has 2 aromatic rings. The molecule has 1 heterocycles. The minimum atomic E-state index is -0.0303. The van der Waals surface area contributed by atoms with E-state index in [4.69, 9.17) is 15.0 Å². The van der Waals surface area contributed by atoms with E-state index in [-0.39, 0.29) is 6.10 Å². The quantitative estimate of drug-likeness (QED) is 0.873. The first-order valence-corrected chi connectivity index (χ1v) is 6.94. The van der Waals surface area contributed by atoms with Gasteiger partial charge in [0.05, 0.1) is 6.42 Å². The van der Waals surface area contributed by atoms with Crippen molar-refractivity contribution in [2.24, 2.45) is 11.7 Å². The lowest BCUT2D eigenvalue weighted by Gasteiger charge is -2.08. The number of nitrogens with two attached hydrogens (primary N) is 1. The zero-order chi connectivity index (χ0) is 13.9. The van der Waals surface area contributed by atoms with E-state index in [1.165, 1.54) is 12.8 Å². The molecule has 20 heavy (non-hydrogen) atoms.